The van der Waals surface area contributed by atoms with Gasteiger partial charge in [-0.1, -0.05) is 12.8 Å². The molecule has 0 unspecified atom stereocenters. The maximum atomic E-state index is 12.1. The molecule has 1 aliphatic carbocycles. The molecular formula is C13H26N2O. The maximum Gasteiger partial charge on any atom is 0.227 e. The zero-order valence-corrected chi connectivity index (χ0v) is 11.1. The molecule has 0 bridgehead atoms. The molecule has 1 aliphatic rings. The largest absolute Gasteiger partial charge is 0.355 e. The quantitative estimate of drug-likeness (QED) is 0.771. The number of amides is 1. The highest BCUT2D eigenvalue weighted by Gasteiger charge is 2.40. The van der Waals surface area contributed by atoms with E-state index in [-0.39, 0.29) is 5.91 Å². The molecule has 0 aromatic heterocycles. The van der Waals surface area contributed by atoms with Crippen molar-refractivity contribution in [3.63, 3.8) is 0 Å². The molecule has 94 valence electrons. The van der Waals surface area contributed by atoms with Crippen LogP contribution in [-0.4, -0.2) is 18.0 Å². The minimum Gasteiger partial charge on any atom is -0.355 e. The van der Waals surface area contributed by atoms with E-state index >= 15 is 0 Å². The van der Waals surface area contributed by atoms with Crippen molar-refractivity contribution < 1.29 is 4.79 Å². The highest BCUT2D eigenvalue weighted by molar-refractivity contribution is 5.83. The van der Waals surface area contributed by atoms with Crippen LogP contribution in [0.2, 0.25) is 0 Å². The first kappa shape index (κ1) is 13.5. The smallest absolute Gasteiger partial charge is 0.227 e. The molecule has 3 heteroatoms. The van der Waals surface area contributed by atoms with E-state index in [1.807, 2.05) is 27.7 Å². The Hall–Kier alpha value is -0.570. The Kier molecular flexibility index (Phi) is 4.00. The summed E-state index contributed by atoms with van der Waals surface area (Å²) >= 11 is 0. The zero-order valence-electron chi connectivity index (χ0n) is 11.1. The van der Waals surface area contributed by atoms with Crippen LogP contribution in [0, 0.1) is 11.3 Å². The van der Waals surface area contributed by atoms with E-state index in [1.54, 1.807) is 0 Å². The van der Waals surface area contributed by atoms with Gasteiger partial charge in [0.05, 0.1) is 5.41 Å². The molecule has 0 heterocycles. The Labute approximate surface area is 99.2 Å². The lowest BCUT2D eigenvalue weighted by Crippen LogP contribution is -2.56. The predicted octanol–water partition coefficient (Wildman–Crippen LogP) is 2.06. The first-order valence-electron chi connectivity index (χ1n) is 6.32. The standard InChI is InChI=1S/C13H26N2O/c1-12(2,13(3,4)14)11(16)15-9-10-7-5-6-8-10/h10H,5-9,14H2,1-4H3,(H,15,16). The third kappa shape index (κ3) is 2.97. The van der Waals surface area contributed by atoms with E-state index < -0.39 is 11.0 Å². The average molecular weight is 226 g/mol. The summed E-state index contributed by atoms with van der Waals surface area (Å²) in [5.74, 6) is 0.757. The predicted molar refractivity (Wildman–Crippen MR) is 67.0 cm³/mol. The van der Waals surface area contributed by atoms with Gasteiger partial charge < -0.3 is 11.1 Å². The molecule has 3 N–H and O–H groups in total. The van der Waals surface area contributed by atoms with Gasteiger partial charge in [-0.15, -0.1) is 0 Å². The lowest BCUT2D eigenvalue weighted by Gasteiger charge is -2.37. The lowest BCUT2D eigenvalue weighted by atomic mass is 9.74. The van der Waals surface area contributed by atoms with E-state index in [2.05, 4.69) is 5.32 Å². The van der Waals surface area contributed by atoms with Gasteiger partial charge >= 0.3 is 0 Å². The minimum atomic E-state index is -0.522. The Balaban J connectivity index is 2.45. The average Bonchev–Trinajstić information content (AvgIpc) is 2.64. The first-order chi connectivity index (χ1) is 7.25. The molecule has 3 nitrogen and oxygen atoms in total. The number of carbonyl (C=O) groups is 1. The summed E-state index contributed by atoms with van der Waals surface area (Å²) in [6.45, 7) is 8.45. The Morgan fingerprint density at radius 3 is 2.19 bits per heavy atom. The van der Waals surface area contributed by atoms with E-state index in [1.165, 1.54) is 25.7 Å². The third-order valence-electron chi connectivity index (χ3n) is 4.20. The van der Waals surface area contributed by atoms with Crippen molar-refractivity contribution in [2.75, 3.05) is 6.54 Å². The summed E-state index contributed by atoms with van der Waals surface area (Å²) in [4.78, 5) is 12.1. The SMILES string of the molecule is CC(C)(N)C(C)(C)C(=O)NCC1CCCC1. The van der Waals surface area contributed by atoms with Gasteiger partial charge in [0.25, 0.3) is 0 Å². The molecule has 0 spiro atoms. The molecule has 16 heavy (non-hydrogen) atoms. The van der Waals surface area contributed by atoms with Gasteiger partial charge in [0.1, 0.15) is 0 Å². The summed E-state index contributed by atoms with van der Waals surface area (Å²) < 4.78 is 0. The van der Waals surface area contributed by atoms with E-state index in [0.717, 1.165) is 6.54 Å². The number of nitrogens with one attached hydrogen (secondary N) is 1. The second kappa shape index (κ2) is 4.74. The fraction of sp³-hybridized carbons (Fsp3) is 0.923. The van der Waals surface area contributed by atoms with Crippen molar-refractivity contribution >= 4 is 5.91 Å². The van der Waals surface area contributed by atoms with Gasteiger partial charge in [-0.25, -0.2) is 0 Å². The second-order valence-electron chi connectivity index (χ2n) is 6.21. The van der Waals surface area contributed by atoms with Crippen LogP contribution in [0.1, 0.15) is 53.4 Å². The van der Waals surface area contributed by atoms with Crippen LogP contribution in [0.3, 0.4) is 0 Å². The van der Waals surface area contributed by atoms with Crippen LogP contribution < -0.4 is 11.1 Å². The zero-order chi connectivity index (χ0) is 12.4. The van der Waals surface area contributed by atoms with Gasteiger partial charge in [0.2, 0.25) is 5.91 Å². The molecule has 0 saturated heterocycles. The monoisotopic (exact) mass is 226 g/mol. The highest BCUT2D eigenvalue weighted by Crippen LogP contribution is 2.29. The van der Waals surface area contributed by atoms with Gasteiger partial charge in [-0.05, 0) is 46.5 Å². The molecule has 0 radical (unpaired) electrons. The number of rotatable bonds is 4. The summed E-state index contributed by atoms with van der Waals surface area (Å²) in [5, 5.41) is 3.05. The van der Waals surface area contributed by atoms with Crippen LogP contribution >= 0.6 is 0 Å². The van der Waals surface area contributed by atoms with E-state index in [9.17, 15) is 4.79 Å². The van der Waals surface area contributed by atoms with Gasteiger partial charge in [0.15, 0.2) is 0 Å². The fourth-order valence-electron chi connectivity index (χ4n) is 1.97. The van der Waals surface area contributed by atoms with Crippen molar-refractivity contribution in [3.05, 3.63) is 0 Å². The van der Waals surface area contributed by atoms with Crippen LogP contribution in [0.5, 0.6) is 0 Å². The topological polar surface area (TPSA) is 55.1 Å². The lowest BCUT2D eigenvalue weighted by molar-refractivity contribution is -0.132. The van der Waals surface area contributed by atoms with Gasteiger partial charge in [-0.2, -0.15) is 0 Å². The fourth-order valence-corrected chi connectivity index (χ4v) is 1.97. The Morgan fingerprint density at radius 2 is 1.75 bits per heavy atom. The number of nitrogens with two attached hydrogens (primary N) is 1. The minimum absolute atomic E-state index is 0.0758. The highest BCUT2D eigenvalue weighted by atomic mass is 16.2. The molecule has 1 rings (SSSR count). The van der Waals surface area contributed by atoms with Crippen LogP contribution in [0.4, 0.5) is 0 Å². The van der Waals surface area contributed by atoms with Crippen LogP contribution in [0.25, 0.3) is 0 Å². The van der Waals surface area contributed by atoms with Crippen molar-refractivity contribution in [1.82, 2.24) is 5.32 Å². The van der Waals surface area contributed by atoms with E-state index in [0.29, 0.717) is 5.92 Å². The molecule has 1 fully saturated rings. The summed E-state index contributed by atoms with van der Waals surface area (Å²) in [7, 11) is 0. The van der Waals surface area contributed by atoms with Gasteiger partial charge in [-0.3, -0.25) is 4.79 Å². The number of hydrogen-bond donors (Lipinski definition) is 2. The molecule has 0 aromatic rings. The Bertz CT molecular complexity index is 247. The summed E-state index contributed by atoms with van der Waals surface area (Å²) in [6, 6.07) is 0. The number of carbonyl (C=O) groups excluding carboxylic acids is 1. The second-order valence-corrected chi connectivity index (χ2v) is 6.21. The van der Waals surface area contributed by atoms with Crippen LogP contribution in [-0.2, 0) is 4.79 Å². The molecular weight excluding hydrogens is 200 g/mol. The van der Waals surface area contributed by atoms with Crippen molar-refractivity contribution in [3.8, 4) is 0 Å². The molecule has 1 amide bonds. The van der Waals surface area contributed by atoms with E-state index in [4.69, 9.17) is 5.73 Å². The summed E-state index contributed by atoms with van der Waals surface area (Å²) in [6.07, 6.45) is 5.14. The van der Waals surface area contributed by atoms with Crippen molar-refractivity contribution in [2.24, 2.45) is 17.1 Å². The van der Waals surface area contributed by atoms with Crippen molar-refractivity contribution in [2.45, 2.75) is 58.9 Å². The number of hydrogen-bond acceptors (Lipinski definition) is 2. The molecule has 0 aliphatic heterocycles. The maximum absolute atomic E-state index is 12.1. The molecule has 1 saturated carbocycles. The normalized spacial score (nSPS) is 18.8. The third-order valence-corrected chi connectivity index (χ3v) is 4.20. The first-order valence-corrected chi connectivity index (χ1v) is 6.32. The molecule has 0 aromatic carbocycles. The molecule has 0 atom stereocenters. The summed E-state index contributed by atoms with van der Waals surface area (Å²) in [5.41, 5.74) is 5.02. The van der Waals surface area contributed by atoms with Crippen molar-refractivity contribution in [1.29, 1.82) is 0 Å². The van der Waals surface area contributed by atoms with Gasteiger partial charge in [0, 0.05) is 12.1 Å². The van der Waals surface area contributed by atoms with Crippen LogP contribution in [0.15, 0.2) is 0 Å². The Morgan fingerprint density at radius 1 is 1.25 bits per heavy atom.